The zero-order chi connectivity index (χ0) is 31.9. The molecular weight excluding hydrogens is 468 g/mol. The Bertz CT molecular complexity index is 909. The van der Waals surface area contributed by atoms with E-state index in [0.717, 1.165) is 16.7 Å². The number of hydrogen-bond acceptors (Lipinski definition) is 0. The highest BCUT2D eigenvalue weighted by atomic mass is 14.5. The molecule has 0 amide bonds. The van der Waals surface area contributed by atoms with Gasteiger partial charge in [0, 0.05) is 0 Å². The van der Waals surface area contributed by atoms with Crippen LogP contribution >= 0.6 is 0 Å². The highest BCUT2D eigenvalue weighted by molar-refractivity contribution is 5.92. The van der Waals surface area contributed by atoms with Crippen molar-refractivity contribution in [1.29, 1.82) is 0 Å². The molecule has 1 aliphatic rings. The van der Waals surface area contributed by atoms with Crippen LogP contribution < -0.4 is 0 Å². The zero-order valence-corrected chi connectivity index (χ0v) is 28.4. The van der Waals surface area contributed by atoms with E-state index >= 15 is 0 Å². The molecular formula is C39H64. The molecule has 220 valence electrons. The van der Waals surface area contributed by atoms with Crippen molar-refractivity contribution in [3.63, 3.8) is 0 Å². The Kier molecular flexibility index (Phi) is 38.6. The summed E-state index contributed by atoms with van der Waals surface area (Å²) in [5, 5.41) is 0. The lowest BCUT2D eigenvalue weighted by molar-refractivity contribution is 0.757. The molecule has 1 aliphatic carbocycles. The van der Waals surface area contributed by atoms with E-state index in [1.54, 1.807) is 6.08 Å². The van der Waals surface area contributed by atoms with Crippen LogP contribution in [0.3, 0.4) is 0 Å². The summed E-state index contributed by atoms with van der Waals surface area (Å²) in [6, 6.07) is 8.54. The largest absolute Gasteiger partial charge is 0.0991 e. The van der Waals surface area contributed by atoms with Gasteiger partial charge < -0.3 is 0 Å². The fraction of sp³-hybridized carbons (Fsp3) is 0.385. The summed E-state index contributed by atoms with van der Waals surface area (Å²) in [7, 11) is 0. The van der Waals surface area contributed by atoms with Crippen molar-refractivity contribution in [3.8, 4) is 0 Å². The second kappa shape index (κ2) is 32.9. The molecule has 1 atom stereocenters. The van der Waals surface area contributed by atoms with Crippen molar-refractivity contribution in [2.24, 2.45) is 0 Å². The van der Waals surface area contributed by atoms with Gasteiger partial charge in [0.2, 0.25) is 0 Å². The monoisotopic (exact) mass is 533 g/mol. The van der Waals surface area contributed by atoms with Gasteiger partial charge in [0.05, 0.1) is 5.41 Å². The first-order chi connectivity index (χ1) is 19.2. The van der Waals surface area contributed by atoms with Crippen LogP contribution in [0.2, 0.25) is 0 Å². The molecule has 0 aromatic heterocycles. The Balaban J connectivity index is -0.000000283. The van der Waals surface area contributed by atoms with Crippen LogP contribution in [0, 0.1) is 0 Å². The maximum atomic E-state index is 4.18. The average Bonchev–Trinajstić information content (AvgIpc) is 3.32. The molecule has 0 spiro atoms. The molecule has 0 nitrogen and oxygen atoms in total. The summed E-state index contributed by atoms with van der Waals surface area (Å²) >= 11 is 0. The van der Waals surface area contributed by atoms with Crippen LogP contribution in [-0.2, 0) is 5.41 Å². The Labute approximate surface area is 246 Å². The molecule has 0 bridgehead atoms. The summed E-state index contributed by atoms with van der Waals surface area (Å²) in [5.74, 6) is 0. The zero-order valence-electron chi connectivity index (χ0n) is 28.4. The molecule has 2 rings (SSSR count). The molecule has 39 heavy (non-hydrogen) atoms. The summed E-state index contributed by atoms with van der Waals surface area (Å²) < 4.78 is 0. The molecule has 1 unspecified atom stereocenters. The SMILES string of the molecule is C=C/C=C\C(=C/C)C1(/C(C=C)=C/C=C)C(C=C)=C(/C=C\C)c2ccccc21.CC.CC.CC.CC.CC.CC. The minimum Gasteiger partial charge on any atom is -0.0991 e. The number of benzene rings is 1. The second-order valence-electron chi connectivity index (χ2n) is 6.23. The van der Waals surface area contributed by atoms with Gasteiger partial charge in [-0.3, -0.25) is 0 Å². The Morgan fingerprint density at radius 1 is 0.692 bits per heavy atom. The van der Waals surface area contributed by atoms with Crippen molar-refractivity contribution in [1.82, 2.24) is 0 Å². The molecule has 0 fully saturated rings. The molecule has 1 aromatic rings. The number of hydrogen-bond donors (Lipinski definition) is 0. The maximum absolute atomic E-state index is 4.18. The standard InChI is InChI=1S/C27H28.6C2H6/c1-7-13-18-22(11-5)27(21(10-4)16-8-2)25(12-6)23(17-9-3)24-19-14-15-20-26(24)27;6*1-2/h7-20H,1-2,4,6H2,3,5H3;6*1-2H3/b17-9-,18-13-,21-16+,22-11+;;;;;;. The molecule has 0 saturated heterocycles. The van der Waals surface area contributed by atoms with Crippen molar-refractivity contribution >= 4 is 5.57 Å². The number of allylic oxidation sites excluding steroid dienone is 14. The summed E-state index contributed by atoms with van der Waals surface area (Å²) in [4.78, 5) is 0. The van der Waals surface area contributed by atoms with Crippen LogP contribution in [0.1, 0.15) is 108 Å². The molecule has 0 aliphatic heterocycles. The first-order valence-electron chi connectivity index (χ1n) is 15.2. The molecule has 0 saturated carbocycles. The third-order valence-corrected chi connectivity index (χ3v) is 4.96. The minimum atomic E-state index is -0.489. The predicted molar refractivity (Wildman–Crippen MR) is 190 cm³/mol. The first kappa shape index (κ1) is 45.8. The number of fused-ring (bicyclic) bond motifs is 1. The van der Waals surface area contributed by atoms with Crippen LogP contribution in [0.25, 0.3) is 5.57 Å². The van der Waals surface area contributed by atoms with E-state index in [2.05, 4.69) is 81.8 Å². The van der Waals surface area contributed by atoms with E-state index in [1.165, 1.54) is 16.7 Å². The van der Waals surface area contributed by atoms with Gasteiger partial charge in [0.15, 0.2) is 0 Å². The molecule has 0 radical (unpaired) electrons. The molecule has 0 heterocycles. The van der Waals surface area contributed by atoms with E-state index in [0.29, 0.717) is 0 Å². The summed E-state index contributed by atoms with van der Waals surface area (Å²) in [6.07, 6.45) is 20.0. The lowest BCUT2D eigenvalue weighted by atomic mass is 9.65. The van der Waals surface area contributed by atoms with Crippen LogP contribution in [-0.4, -0.2) is 0 Å². The van der Waals surface area contributed by atoms with Gasteiger partial charge in [-0.2, -0.15) is 0 Å². The third-order valence-electron chi connectivity index (χ3n) is 4.96. The fourth-order valence-electron chi connectivity index (χ4n) is 4.02. The molecule has 0 N–H and O–H groups in total. The predicted octanol–water partition coefficient (Wildman–Crippen LogP) is 13.6. The Morgan fingerprint density at radius 3 is 1.59 bits per heavy atom. The first-order valence-corrected chi connectivity index (χ1v) is 15.2. The van der Waals surface area contributed by atoms with Gasteiger partial charge in [0.25, 0.3) is 0 Å². The van der Waals surface area contributed by atoms with Crippen LogP contribution in [0.5, 0.6) is 0 Å². The topological polar surface area (TPSA) is 0 Å². The van der Waals surface area contributed by atoms with Gasteiger partial charge in [0.1, 0.15) is 0 Å². The van der Waals surface area contributed by atoms with Crippen LogP contribution in [0.15, 0.2) is 128 Å². The Morgan fingerprint density at radius 2 is 1.21 bits per heavy atom. The highest BCUT2D eigenvalue weighted by Gasteiger charge is 2.46. The van der Waals surface area contributed by atoms with Gasteiger partial charge in [-0.15, -0.1) is 0 Å². The quantitative estimate of drug-likeness (QED) is 0.292. The van der Waals surface area contributed by atoms with E-state index in [1.807, 2.05) is 120 Å². The van der Waals surface area contributed by atoms with Crippen molar-refractivity contribution < 1.29 is 0 Å². The summed E-state index contributed by atoms with van der Waals surface area (Å²) in [5.41, 5.74) is 6.51. The molecule has 0 heteroatoms. The fourth-order valence-corrected chi connectivity index (χ4v) is 4.02. The number of rotatable bonds is 8. The second-order valence-corrected chi connectivity index (χ2v) is 6.23. The van der Waals surface area contributed by atoms with E-state index in [-0.39, 0.29) is 0 Å². The van der Waals surface area contributed by atoms with E-state index in [9.17, 15) is 0 Å². The van der Waals surface area contributed by atoms with Gasteiger partial charge in [-0.1, -0.05) is 194 Å². The van der Waals surface area contributed by atoms with Crippen LogP contribution in [0.4, 0.5) is 0 Å². The third kappa shape index (κ3) is 12.1. The van der Waals surface area contributed by atoms with E-state index < -0.39 is 5.41 Å². The van der Waals surface area contributed by atoms with E-state index in [4.69, 9.17) is 0 Å². The van der Waals surface area contributed by atoms with Gasteiger partial charge in [-0.25, -0.2) is 0 Å². The summed E-state index contributed by atoms with van der Waals surface area (Å²) in [6.45, 7) is 44.2. The minimum absolute atomic E-state index is 0.489. The van der Waals surface area contributed by atoms with Gasteiger partial charge >= 0.3 is 0 Å². The lowest BCUT2D eigenvalue weighted by Crippen LogP contribution is -2.30. The van der Waals surface area contributed by atoms with Gasteiger partial charge in [-0.05, 0) is 47.3 Å². The van der Waals surface area contributed by atoms with Crippen molar-refractivity contribution in [2.45, 2.75) is 102 Å². The lowest BCUT2D eigenvalue weighted by Gasteiger charge is -2.36. The molecule has 1 aromatic carbocycles. The Hall–Kier alpha value is -3.12. The average molecular weight is 533 g/mol. The van der Waals surface area contributed by atoms with Crippen molar-refractivity contribution in [3.05, 3.63) is 139 Å². The maximum Gasteiger partial charge on any atom is 0.0709 e. The normalized spacial score (nSPS) is 14.9. The smallest absolute Gasteiger partial charge is 0.0709 e. The van der Waals surface area contributed by atoms with Crippen molar-refractivity contribution in [2.75, 3.05) is 0 Å². The highest BCUT2D eigenvalue weighted by Crippen LogP contribution is 2.56.